The van der Waals surface area contributed by atoms with Gasteiger partial charge in [0.25, 0.3) is 0 Å². The van der Waals surface area contributed by atoms with Crippen LogP contribution in [0.25, 0.3) is 0 Å². The summed E-state index contributed by atoms with van der Waals surface area (Å²) >= 11 is 0. The molecular weight excluding hydrogens is 162 g/mol. The Kier molecular flexibility index (Phi) is 2.76. The molecule has 0 aromatic heterocycles. The van der Waals surface area contributed by atoms with Crippen molar-refractivity contribution in [2.45, 2.75) is 19.9 Å². The fourth-order valence-corrected chi connectivity index (χ4v) is 1.09. The highest BCUT2D eigenvalue weighted by atomic mass is 14.9. The molecule has 0 aliphatic carbocycles. The second-order valence-electron chi connectivity index (χ2n) is 3.21. The molecule has 0 saturated carbocycles. The van der Waals surface area contributed by atoms with Gasteiger partial charge in [0.1, 0.15) is 6.07 Å². The molecule has 3 N–H and O–H groups in total. The molecule has 68 valence electrons. The van der Waals surface area contributed by atoms with Crippen molar-refractivity contribution in [3.8, 4) is 6.07 Å². The van der Waals surface area contributed by atoms with Crippen LogP contribution >= 0.6 is 0 Å². The van der Waals surface area contributed by atoms with Crippen molar-refractivity contribution in [2.24, 2.45) is 0 Å². The van der Waals surface area contributed by atoms with Gasteiger partial charge >= 0.3 is 0 Å². The normalized spacial score (nSPS) is 9.69. The van der Waals surface area contributed by atoms with E-state index < -0.39 is 0 Å². The van der Waals surface area contributed by atoms with Gasteiger partial charge in [-0.25, -0.2) is 0 Å². The Bertz CT molecular complexity index is 337. The molecule has 1 aromatic carbocycles. The standard InChI is InChI=1S/C10H13N3/c1-7(2)13-9-4-3-8(6-11)10(12)5-9/h3-5,7,13H,12H2,1-2H3. The van der Waals surface area contributed by atoms with Crippen LogP contribution in [0.3, 0.4) is 0 Å². The Labute approximate surface area is 78.2 Å². The third-order valence-corrected chi connectivity index (χ3v) is 1.63. The maximum absolute atomic E-state index is 8.64. The number of benzene rings is 1. The second kappa shape index (κ2) is 3.81. The molecule has 3 nitrogen and oxygen atoms in total. The number of hydrogen-bond donors (Lipinski definition) is 2. The molecule has 0 fully saturated rings. The van der Waals surface area contributed by atoms with Gasteiger partial charge in [-0.1, -0.05) is 0 Å². The summed E-state index contributed by atoms with van der Waals surface area (Å²) < 4.78 is 0. The molecular formula is C10H13N3. The van der Waals surface area contributed by atoms with Gasteiger partial charge in [0.2, 0.25) is 0 Å². The molecule has 0 bridgehead atoms. The lowest BCUT2D eigenvalue weighted by Crippen LogP contribution is -2.09. The van der Waals surface area contributed by atoms with Crippen molar-refractivity contribution in [1.29, 1.82) is 5.26 Å². The minimum Gasteiger partial charge on any atom is -0.398 e. The summed E-state index contributed by atoms with van der Waals surface area (Å²) in [4.78, 5) is 0. The van der Waals surface area contributed by atoms with E-state index in [1.54, 1.807) is 12.1 Å². The van der Waals surface area contributed by atoms with E-state index in [-0.39, 0.29) is 0 Å². The van der Waals surface area contributed by atoms with E-state index >= 15 is 0 Å². The zero-order valence-electron chi connectivity index (χ0n) is 7.83. The number of rotatable bonds is 2. The first-order valence-electron chi connectivity index (χ1n) is 4.19. The highest BCUT2D eigenvalue weighted by molar-refractivity contribution is 5.62. The first-order chi connectivity index (χ1) is 6.13. The van der Waals surface area contributed by atoms with Crippen molar-refractivity contribution in [3.63, 3.8) is 0 Å². The summed E-state index contributed by atoms with van der Waals surface area (Å²) in [5.74, 6) is 0. The molecule has 1 aromatic rings. The average molecular weight is 175 g/mol. The molecule has 1 rings (SSSR count). The SMILES string of the molecule is CC(C)Nc1ccc(C#N)c(N)c1. The van der Waals surface area contributed by atoms with Crippen LogP contribution in [0, 0.1) is 11.3 Å². The van der Waals surface area contributed by atoms with Crippen molar-refractivity contribution < 1.29 is 0 Å². The van der Waals surface area contributed by atoms with Crippen LogP contribution in [-0.2, 0) is 0 Å². The van der Waals surface area contributed by atoms with Crippen LogP contribution in [0.2, 0.25) is 0 Å². The first kappa shape index (κ1) is 9.40. The zero-order valence-corrected chi connectivity index (χ0v) is 7.83. The third-order valence-electron chi connectivity index (χ3n) is 1.63. The number of hydrogen-bond acceptors (Lipinski definition) is 3. The zero-order chi connectivity index (χ0) is 9.84. The fraction of sp³-hybridized carbons (Fsp3) is 0.300. The summed E-state index contributed by atoms with van der Waals surface area (Å²) in [5.41, 5.74) is 7.64. The summed E-state index contributed by atoms with van der Waals surface area (Å²) in [5, 5.41) is 11.8. The van der Waals surface area contributed by atoms with Gasteiger partial charge in [-0.15, -0.1) is 0 Å². The topological polar surface area (TPSA) is 61.8 Å². The Morgan fingerprint density at radius 1 is 1.46 bits per heavy atom. The van der Waals surface area contributed by atoms with Gasteiger partial charge in [0, 0.05) is 11.7 Å². The van der Waals surface area contributed by atoms with E-state index in [0.717, 1.165) is 5.69 Å². The quantitative estimate of drug-likeness (QED) is 0.675. The summed E-state index contributed by atoms with van der Waals surface area (Å²) in [6.45, 7) is 4.10. The molecule has 13 heavy (non-hydrogen) atoms. The Balaban J connectivity index is 2.91. The summed E-state index contributed by atoms with van der Waals surface area (Å²) in [6, 6.07) is 7.75. The van der Waals surface area contributed by atoms with Gasteiger partial charge in [-0.05, 0) is 32.0 Å². The van der Waals surface area contributed by atoms with Gasteiger partial charge in [0.15, 0.2) is 0 Å². The van der Waals surface area contributed by atoms with Crippen LogP contribution in [0.1, 0.15) is 19.4 Å². The van der Waals surface area contributed by atoms with Crippen LogP contribution in [0.15, 0.2) is 18.2 Å². The highest BCUT2D eigenvalue weighted by Crippen LogP contribution is 2.17. The predicted octanol–water partition coefficient (Wildman–Crippen LogP) is 1.96. The highest BCUT2D eigenvalue weighted by Gasteiger charge is 2.00. The second-order valence-corrected chi connectivity index (χ2v) is 3.21. The molecule has 0 heterocycles. The van der Waals surface area contributed by atoms with Gasteiger partial charge in [0.05, 0.1) is 11.3 Å². The lowest BCUT2D eigenvalue weighted by Gasteiger charge is -2.10. The summed E-state index contributed by atoms with van der Waals surface area (Å²) in [6.07, 6.45) is 0. The van der Waals surface area contributed by atoms with E-state index in [4.69, 9.17) is 11.0 Å². The van der Waals surface area contributed by atoms with Crippen molar-refractivity contribution in [3.05, 3.63) is 23.8 Å². The molecule has 0 spiro atoms. The van der Waals surface area contributed by atoms with Gasteiger partial charge < -0.3 is 11.1 Å². The first-order valence-corrected chi connectivity index (χ1v) is 4.19. The Morgan fingerprint density at radius 2 is 2.15 bits per heavy atom. The number of nitrogens with zero attached hydrogens (tertiary/aromatic N) is 1. The smallest absolute Gasteiger partial charge is 0.101 e. The lowest BCUT2D eigenvalue weighted by atomic mass is 10.1. The molecule has 0 atom stereocenters. The lowest BCUT2D eigenvalue weighted by molar-refractivity contribution is 0.900. The van der Waals surface area contributed by atoms with Crippen LogP contribution in [0.5, 0.6) is 0 Å². The Morgan fingerprint density at radius 3 is 2.62 bits per heavy atom. The van der Waals surface area contributed by atoms with E-state index in [2.05, 4.69) is 5.32 Å². The van der Waals surface area contributed by atoms with Crippen LogP contribution < -0.4 is 11.1 Å². The van der Waals surface area contributed by atoms with Gasteiger partial charge in [-0.3, -0.25) is 0 Å². The third kappa shape index (κ3) is 2.38. The number of anilines is 2. The largest absolute Gasteiger partial charge is 0.398 e. The van der Waals surface area contributed by atoms with E-state index in [0.29, 0.717) is 17.3 Å². The van der Waals surface area contributed by atoms with E-state index in [1.807, 2.05) is 26.0 Å². The molecule has 3 heteroatoms. The van der Waals surface area contributed by atoms with Gasteiger partial charge in [-0.2, -0.15) is 5.26 Å². The molecule has 0 radical (unpaired) electrons. The maximum atomic E-state index is 8.64. The van der Waals surface area contributed by atoms with E-state index in [9.17, 15) is 0 Å². The fourth-order valence-electron chi connectivity index (χ4n) is 1.09. The van der Waals surface area contributed by atoms with E-state index in [1.165, 1.54) is 0 Å². The average Bonchev–Trinajstić information content (AvgIpc) is 2.03. The monoisotopic (exact) mass is 175 g/mol. The molecule has 0 aliphatic heterocycles. The van der Waals surface area contributed by atoms with Crippen LogP contribution in [-0.4, -0.2) is 6.04 Å². The predicted molar refractivity (Wildman–Crippen MR) is 54.3 cm³/mol. The minimum atomic E-state index is 0.368. The number of nitrogens with one attached hydrogen (secondary N) is 1. The molecule has 0 aliphatic rings. The summed E-state index contributed by atoms with van der Waals surface area (Å²) in [7, 11) is 0. The van der Waals surface area contributed by atoms with Crippen LogP contribution in [0.4, 0.5) is 11.4 Å². The Hall–Kier alpha value is -1.69. The number of nitriles is 1. The van der Waals surface area contributed by atoms with Crippen molar-refractivity contribution >= 4 is 11.4 Å². The van der Waals surface area contributed by atoms with Crippen molar-refractivity contribution in [1.82, 2.24) is 0 Å². The number of nitrogen functional groups attached to an aromatic ring is 1. The maximum Gasteiger partial charge on any atom is 0.101 e. The van der Waals surface area contributed by atoms with Crippen molar-refractivity contribution in [2.75, 3.05) is 11.1 Å². The minimum absolute atomic E-state index is 0.368. The molecule has 0 saturated heterocycles. The molecule has 0 unspecified atom stereocenters. The number of nitrogens with two attached hydrogens (primary N) is 1. The molecule has 0 amide bonds.